The third kappa shape index (κ3) is 2.85. The standard InChI is InChI=1S/C21H27N3O3S/c1-20(2)17-7-8-21(20,19(25)13-17)15-28(26,27)24-11-9-23(10-12-24)18-5-3-16(14-22)4-6-18/h3-6,17H,7-13,15H2,1-2H3. The summed E-state index contributed by atoms with van der Waals surface area (Å²) in [7, 11) is -3.49. The second-order valence-electron chi connectivity index (χ2n) is 8.97. The van der Waals surface area contributed by atoms with Crippen LogP contribution in [-0.2, 0) is 14.8 Å². The van der Waals surface area contributed by atoms with Gasteiger partial charge in [0.05, 0.1) is 17.4 Å². The molecular formula is C21H27N3O3S. The first-order chi connectivity index (χ1) is 13.2. The van der Waals surface area contributed by atoms with Gasteiger partial charge in [0.1, 0.15) is 5.78 Å². The molecule has 2 aliphatic carbocycles. The van der Waals surface area contributed by atoms with E-state index in [2.05, 4.69) is 24.8 Å². The maximum Gasteiger partial charge on any atom is 0.215 e. The van der Waals surface area contributed by atoms with Crippen LogP contribution in [0.5, 0.6) is 0 Å². The van der Waals surface area contributed by atoms with E-state index in [9.17, 15) is 13.2 Å². The zero-order valence-corrected chi connectivity index (χ0v) is 17.3. The van der Waals surface area contributed by atoms with E-state index in [0.29, 0.717) is 50.5 Å². The van der Waals surface area contributed by atoms with Crippen molar-refractivity contribution in [3.8, 4) is 6.07 Å². The lowest BCUT2D eigenvalue weighted by atomic mass is 9.70. The molecule has 0 amide bonds. The number of benzene rings is 1. The molecule has 2 bridgehead atoms. The van der Waals surface area contributed by atoms with Gasteiger partial charge in [0.2, 0.25) is 10.0 Å². The number of carbonyl (C=O) groups excluding carboxylic acids is 1. The number of nitriles is 1. The van der Waals surface area contributed by atoms with Gasteiger partial charge in [-0.2, -0.15) is 9.57 Å². The molecule has 28 heavy (non-hydrogen) atoms. The molecular weight excluding hydrogens is 374 g/mol. The van der Waals surface area contributed by atoms with E-state index < -0.39 is 15.4 Å². The van der Waals surface area contributed by atoms with Crippen molar-refractivity contribution >= 4 is 21.5 Å². The fourth-order valence-corrected chi connectivity index (χ4v) is 7.68. The van der Waals surface area contributed by atoms with E-state index in [-0.39, 0.29) is 17.0 Å². The zero-order chi connectivity index (χ0) is 20.2. The van der Waals surface area contributed by atoms with Crippen molar-refractivity contribution in [3.63, 3.8) is 0 Å². The number of Topliss-reactive ketones (excluding diaryl/α,β-unsaturated/α-hetero) is 1. The highest BCUT2D eigenvalue weighted by Gasteiger charge is 2.65. The zero-order valence-electron chi connectivity index (χ0n) is 16.5. The van der Waals surface area contributed by atoms with Gasteiger partial charge < -0.3 is 4.90 Å². The van der Waals surface area contributed by atoms with Crippen molar-refractivity contribution in [2.24, 2.45) is 16.7 Å². The smallest absolute Gasteiger partial charge is 0.215 e. The lowest BCUT2D eigenvalue weighted by molar-refractivity contribution is -0.128. The summed E-state index contributed by atoms with van der Waals surface area (Å²) in [4.78, 5) is 14.8. The Morgan fingerprint density at radius 3 is 2.29 bits per heavy atom. The number of anilines is 1. The van der Waals surface area contributed by atoms with Gasteiger partial charge >= 0.3 is 0 Å². The quantitative estimate of drug-likeness (QED) is 0.774. The van der Waals surface area contributed by atoms with Gasteiger partial charge in [-0.15, -0.1) is 0 Å². The molecule has 0 N–H and O–H groups in total. The third-order valence-corrected chi connectivity index (χ3v) is 9.57. The Morgan fingerprint density at radius 1 is 1.14 bits per heavy atom. The highest BCUT2D eigenvalue weighted by molar-refractivity contribution is 7.89. The van der Waals surface area contributed by atoms with Crippen LogP contribution in [0.3, 0.4) is 0 Å². The Balaban J connectivity index is 1.45. The number of nitrogens with zero attached hydrogens (tertiary/aromatic N) is 3. The van der Waals surface area contributed by atoms with Gasteiger partial charge in [0.15, 0.2) is 0 Å². The Hall–Kier alpha value is -1.91. The highest BCUT2D eigenvalue weighted by atomic mass is 32.2. The van der Waals surface area contributed by atoms with Crippen LogP contribution in [0.4, 0.5) is 5.69 Å². The number of hydrogen-bond acceptors (Lipinski definition) is 5. The molecule has 1 aromatic rings. The van der Waals surface area contributed by atoms with Crippen LogP contribution < -0.4 is 4.90 Å². The molecule has 2 atom stereocenters. The first kappa shape index (κ1) is 19.4. The summed E-state index contributed by atoms with van der Waals surface area (Å²) in [5, 5.41) is 8.92. The maximum absolute atomic E-state index is 13.2. The average Bonchev–Trinajstić information content (AvgIpc) is 3.02. The molecule has 1 aliphatic heterocycles. The molecule has 4 rings (SSSR count). The number of sulfonamides is 1. The lowest BCUT2D eigenvalue weighted by Gasteiger charge is -2.40. The summed E-state index contributed by atoms with van der Waals surface area (Å²) in [6.45, 7) is 6.23. The molecule has 2 saturated carbocycles. The fraction of sp³-hybridized carbons (Fsp3) is 0.619. The Labute approximate surface area is 167 Å². The van der Waals surface area contributed by atoms with Crippen LogP contribution in [-0.4, -0.2) is 50.4 Å². The normalized spacial score (nSPS) is 29.8. The molecule has 150 valence electrons. The topological polar surface area (TPSA) is 81.5 Å². The van der Waals surface area contributed by atoms with Crippen molar-refractivity contribution in [1.29, 1.82) is 5.26 Å². The number of carbonyl (C=O) groups is 1. The van der Waals surface area contributed by atoms with Gasteiger partial charge in [-0.3, -0.25) is 4.79 Å². The SMILES string of the molecule is CC1(C)C2CCC1(CS(=O)(=O)N1CCN(c3ccc(C#N)cc3)CC1)C(=O)C2. The molecule has 7 heteroatoms. The number of rotatable bonds is 4. The summed E-state index contributed by atoms with van der Waals surface area (Å²) < 4.78 is 28.0. The Bertz CT molecular complexity index is 925. The Kier molecular flexibility index (Phi) is 4.55. The van der Waals surface area contributed by atoms with Crippen molar-refractivity contribution in [2.75, 3.05) is 36.8 Å². The van der Waals surface area contributed by atoms with E-state index >= 15 is 0 Å². The summed E-state index contributed by atoms with van der Waals surface area (Å²) in [5.74, 6) is 0.427. The summed E-state index contributed by atoms with van der Waals surface area (Å²) >= 11 is 0. The number of hydrogen-bond donors (Lipinski definition) is 0. The molecule has 3 aliphatic rings. The molecule has 1 saturated heterocycles. The monoisotopic (exact) mass is 401 g/mol. The minimum atomic E-state index is -3.49. The van der Waals surface area contributed by atoms with E-state index in [1.807, 2.05) is 12.1 Å². The average molecular weight is 402 g/mol. The fourth-order valence-electron chi connectivity index (χ4n) is 5.48. The van der Waals surface area contributed by atoms with Gasteiger partial charge in [-0.05, 0) is 48.4 Å². The van der Waals surface area contributed by atoms with E-state index in [0.717, 1.165) is 12.1 Å². The molecule has 3 fully saturated rings. The van der Waals surface area contributed by atoms with Gasteiger partial charge in [0, 0.05) is 43.7 Å². The summed E-state index contributed by atoms with van der Waals surface area (Å²) in [6.07, 6.45) is 2.20. The maximum atomic E-state index is 13.2. The van der Waals surface area contributed by atoms with Crippen molar-refractivity contribution in [1.82, 2.24) is 4.31 Å². The highest BCUT2D eigenvalue weighted by Crippen LogP contribution is 2.64. The molecule has 6 nitrogen and oxygen atoms in total. The molecule has 0 spiro atoms. The minimum absolute atomic E-state index is 0.0425. The van der Waals surface area contributed by atoms with Gasteiger partial charge in [0.25, 0.3) is 0 Å². The molecule has 2 unspecified atom stereocenters. The van der Waals surface area contributed by atoms with Crippen molar-refractivity contribution in [3.05, 3.63) is 29.8 Å². The lowest BCUT2D eigenvalue weighted by Crippen LogP contribution is -2.52. The first-order valence-corrected chi connectivity index (χ1v) is 11.6. The third-order valence-electron chi connectivity index (χ3n) is 7.56. The van der Waals surface area contributed by atoms with Crippen LogP contribution >= 0.6 is 0 Å². The number of piperazine rings is 1. The first-order valence-electron chi connectivity index (χ1n) is 9.96. The van der Waals surface area contributed by atoms with Crippen LogP contribution in [0.15, 0.2) is 24.3 Å². The minimum Gasteiger partial charge on any atom is -0.369 e. The van der Waals surface area contributed by atoms with Crippen molar-refractivity contribution < 1.29 is 13.2 Å². The second kappa shape index (κ2) is 6.57. The van der Waals surface area contributed by atoms with Crippen LogP contribution in [0.1, 0.15) is 38.7 Å². The number of ketones is 1. The predicted molar refractivity (Wildman–Crippen MR) is 107 cm³/mol. The summed E-state index contributed by atoms with van der Waals surface area (Å²) in [6, 6.07) is 9.47. The van der Waals surface area contributed by atoms with E-state index in [1.54, 1.807) is 16.4 Å². The number of fused-ring (bicyclic) bond motifs is 2. The molecule has 1 heterocycles. The predicted octanol–water partition coefficient (Wildman–Crippen LogP) is 2.41. The van der Waals surface area contributed by atoms with Crippen LogP contribution in [0, 0.1) is 28.1 Å². The van der Waals surface area contributed by atoms with Crippen LogP contribution in [0.25, 0.3) is 0 Å². The van der Waals surface area contributed by atoms with E-state index in [4.69, 9.17) is 5.26 Å². The van der Waals surface area contributed by atoms with Gasteiger partial charge in [-0.25, -0.2) is 8.42 Å². The van der Waals surface area contributed by atoms with Crippen LogP contribution in [0.2, 0.25) is 0 Å². The van der Waals surface area contributed by atoms with Crippen molar-refractivity contribution in [2.45, 2.75) is 33.1 Å². The second-order valence-corrected chi connectivity index (χ2v) is 10.9. The van der Waals surface area contributed by atoms with E-state index in [1.165, 1.54) is 0 Å². The molecule has 0 aromatic heterocycles. The Morgan fingerprint density at radius 2 is 1.79 bits per heavy atom. The molecule has 1 aromatic carbocycles. The summed E-state index contributed by atoms with van der Waals surface area (Å²) in [5.41, 5.74) is 0.672. The largest absolute Gasteiger partial charge is 0.369 e. The molecule has 0 radical (unpaired) electrons. The van der Waals surface area contributed by atoms with Gasteiger partial charge in [-0.1, -0.05) is 13.8 Å².